The molecule has 0 spiro atoms. The quantitative estimate of drug-likeness (QED) is 0.892. The number of rotatable bonds is 3. The average molecular weight is 239 g/mol. The van der Waals surface area contributed by atoms with Gasteiger partial charge in [0.25, 0.3) is 6.43 Å². The maximum Gasteiger partial charge on any atom is 0.263 e. The Balaban J connectivity index is 2.22. The summed E-state index contributed by atoms with van der Waals surface area (Å²) in [5, 5.41) is 3.69. The predicted octanol–water partition coefficient (Wildman–Crippen LogP) is 2.36. The Morgan fingerprint density at radius 3 is 2.24 bits per heavy atom. The molecule has 0 aliphatic heterocycles. The van der Waals surface area contributed by atoms with E-state index in [1.807, 2.05) is 0 Å². The lowest BCUT2D eigenvalue weighted by molar-refractivity contribution is 0.151. The third kappa shape index (κ3) is 2.47. The van der Waals surface area contributed by atoms with E-state index in [1.165, 1.54) is 24.3 Å². The first-order valence-corrected chi connectivity index (χ1v) is 5.01. The van der Waals surface area contributed by atoms with Crippen molar-refractivity contribution >= 4 is 0 Å². The summed E-state index contributed by atoms with van der Waals surface area (Å²) in [5.74, 6) is 0.756. The van der Waals surface area contributed by atoms with E-state index < -0.39 is 12.5 Å². The normalized spacial score (nSPS) is 13.0. The second-order valence-corrected chi connectivity index (χ2v) is 3.62. The topological polar surface area (TPSA) is 64.9 Å². The van der Waals surface area contributed by atoms with Crippen LogP contribution in [0.1, 0.15) is 35.3 Å². The number of benzene rings is 1. The fourth-order valence-electron chi connectivity index (χ4n) is 1.44. The Kier molecular flexibility index (Phi) is 3.14. The van der Waals surface area contributed by atoms with Gasteiger partial charge in [-0.15, -0.1) is 0 Å². The first kappa shape index (κ1) is 11.7. The molecule has 4 nitrogen and oxygen atoms in total. The molecule has 0 aliphatic carbocycles. The minimum Gasteiger partial charge on any atom is -0.340 e. The third-order valence-corrected chi connectivity index (χ3v) is 2.37. The van der Waals surface area contributed by atoms with E-state index in [2.05, 4.69) is 10.1 Å². The van der Waals surface area contributed by atoms with E-state index in [9.17, 15) is 8.78 Å². The molecule has 2 rings (SSSR count). The van der Waals surface area contributed by atoms with Gasteiger partial charge in [0.15, 0.2) is 5.82 Å². The highest BCUT2D eigenvalue weighted by molar-refractivity contribution is 5.28. The number of halogens is 2. The van der Waals surface area contributed by atoms with E-state index in [1.54, 1.807) is 6.92 Å². The number of aromatic nitrogens is 2. The SMILES string of the molecule is Cc1nc(C(N)c2ccc(C(F)F)cc2)no1. The zero-order valence-electron chi connectivity index (χ0n) is 9.10. The fourth-order valence-corrected chi connectivity index (χ4v) is 1.44. The molecule has 2 N–H and O–H groups in total. The number of nitrogens with two attached hydrogens (primary N) is 1. The van der Waals surface area contributed by atoms with Gasteiger partial charge in [-0.2, -0.15) is 4.98 Å². The number of hydrogen-bond donors (Lipinski definition) is 1. The Hall–Kier alpha value is -1.82. The van der Waals surface area contributed by atoms with Gasteiger partial charge in [-0.25, -0.2) is 8.78 Å². The molecule has 0 aliphatic rings. The van der Waals surface area contributed by atoms with Crippen molar-refractivity contribution in [3.63, 3.8) is 0 Å². The lowest BCUT2D eigenvalue weighted by Gasteiger charge is -2.08. The van der Waals surface area contributed by atoms with Crippen molar-refractivity contribution in [2.45, 2.75) is 19.4 Å². The van der Waals surface area contributed by atoms with Crippen LogP contribution < -0.4 is 5.73 Å². The van der Waals surface area contributed by atoms with Crippen LogP contribution in [0.3, 0.4) is 0 Å². The summed E-state index contributed by atoms with van der Waals surface area (Å²) in [6.07, 6.45) is -2.48. The van der Waals surface area contributed by atoms with Crippen molar-refractivity contribution in [2.24, 2.45) is 5.73 Å². The second kappa shape index (κ2) is 4.58. The number of aryl methyl sites for hydroxylation is 1. The molecule has 1 unspecified atom stereocenters. The Morgan fingerprint density at radius 2 is 1.76 bits per heavy atom. The van der Waals surface area contributed by atoms with Crippen LogP contribution in [0.5, 0.6) is 0 Å². The summed E-state index contributed by atoms with van der Waals surface area (Å²) in [5.41, 5.74) is 6.51. The van der Waals surface area contributed by atoms with Gasteiger partial charge in [0.1, 0.15) is 0 Å². The van der Waals surface area contributed by atoms with Crippen molar-refractivity contribution in [3.05, 3.63) is 47.1 Å². The van der Waals surface area contributed by atoms with Gasteiger partial charge in [0, 0.05) is 12.5 Å². The average Bonchev–Trinajstić information content (AvgIpc) is 2.75. The molecular weight excluding hydrogens is 228 g/mol. The molecule has 17 heavy (non-hydrogen) atoms. The molecule has 1 aromatic carbocycles. The van der Waals surface area contributed by atoms with E-state index >= 15 is 0 Å². The van der Waals surface area contributed by atoms with Crippen LogP contribution in [0.2, 0.25) is 0 Å². The fraction of sp³-hybridized carbons (Fsp3) is 0.273. The maximum absolute atomic E-state index is 12.4. The summed E-state index contributed by atoms with van der Waals surface area (Å²) in [6.45, 7) is 1.66. The third-order valence-electron chi connectivity index (χ3n) is 2.37. The molecule has 1 aromatic heterocycles. The maximum atomic E-state index is 12.4. The summed E-state index contributed by atoms with van der Waals surface area (Å²) in [4.78, 5) is 3.99. The van der Waals surface area contributed by atoms with Crippen LogP contribution >= 0.6 is 0 Å². The van der Waals surface area contributed by atoms with Gasteiger partial charge < -0.3 is 10.3 Å². The minimum atomic E-state index is -2.48. The van der Waals surface area contributed by atoms with E-state index in [4.69, 9.17) is 10.3 Å². The van der Waals surface area contributed by atoms with E-state index in [-0.39, 0.29) is 5.56 Å². The molecule has 1 atom stereocenters. The Morgan fingerprint density at radius 1 is 1.18 bits per heavy atom. The molecule has 0 bridgehead atoms. The summed E-state index contributed by atoms with van der Waals surface area (Å²) < 4.78 is 29.5. The lowest BCUT2D eigenvalue weighted by atomic mass is 10.1. The van der Waals surface area contributed by atoms with Crippen LogP contribution in [-0.4, -0.2) is 10.1 Å². The minimum absolute atomic E-state index is 0.0368. The lowest BCUT2D eigenvalue weighted by Crippen LogP contribution is -2.13. The molecule has 0 radical (unpaired) electrons. The van der Waals surface area contributed by atoms with Crippen molar-refractivity contribution in [1.29, 1.82) is 0 Å². The van der Waals surface area contributed by atoms with Crippen LogP contribution in [-0.2, 0) is 0 Å². The van der Waals surface area contributed by atoms with Crippen LogP contribution in [0.25, 0.3) is 0 Å². The highest BCUT2D eigenvalue weighted by Gasteiger charge is 2.15. The summed E-state index contributed by atoms with van der Waals surface area (Å²) >= 11 is 0. The zero-order chi connectivity index (χ0) is 12.4. The largest absolute Gasteiger partial charge is 0.340 e. The summed E-state index contributed by atoms with van der Waals surface area (Å²) in [7, 11) is 0. The zero-order valence-corrected chi connectivity index (χ0v) is 9.10. The molecule has 0 amide bonds. The van der Waals surface area contributed by atoms with Crippen LogP contribution in [0.15, 0.2) is 28.8 Å². The van der Waals surface area contributed by atoms with Crippen LogP contribution in [0, 0.1) is 6.92 Å². The highest BCUT2D eigenvalue weighted by atomic mass is 19.3. The van der Waals surface area contributed by atoms with Crippen molar-refractivity contribution < 1.29 is 13.3 Å². The predicted molar refractivity (Wildman–Crippen MR) is 56.5 cm³/mol. The molecular formula is C11H11F2N3O. The first-order chi connectivity index (χ1) is 8.08. The first-order valence-electron chi connectivity index (χ1n) is 5.01. The number of hydrogen-bond acceptors (Lipinski definition) is 4. The van der Waals surface area contributed by atoms with Gasteiger partial charge in [-0.3, -0.25) is 0 Å². The molecule has 0 saturated carbocycles. The number of alkyl halides is 2. The molecule has 1 heterocycles. The molecule has 0 saturated heterocycles. The number of nitrogens with zero attached hydrogens (tertiary/aromatic N) is 2. The molecule has 6 heteroatoms. The van der Waals surface area contributed by atoms with E-state index in [0.29, 0.717) is 17.3 Å². The summed E-state index contributed by atoms with van der Waals surface area (Å²) in [6, 6.07) is 5.19. The van der Waals surface area contributed by atoms with Gasteiger partial charge in [-0.1, -0.05) is 29.4 Å². The van der Waals surface area contributed by atoms with Crippen molar-refractivity contribution in [1.82, 2.24) is 10.1 Å². The molecule has 0 fully saturated rings. The van der Waals surface area contributed by atoms with E-state index in [0.717, 1.165) is 0 Å². The monoisotopic (exact) mass is 239 g/mol. The van der Waals surface area contributed by atoms with Crippen molar-refractivity contribution in [2.75, 3.05) is 0 Å². The smallest absolute Gasteiger partial charge is 0.263 e. The molecule has 2 aromatic rings. The van der Waals surface area contributed by atoms with Crippen LogP contribution in [0.4, 0.5) is 8.78 Å². The van der Waals surface area contributed by atoms with Gasteiger partial charge in [0.2, 0.25) is 5.89 Å². The Labute approximate surface area is 96.4 Å². The van der Waals surface area contributed by atoms with Crippen molar-refractivity contribution in [3.8, 4) is 0 Å². The highest BCUT2D eigenvalue weighted by Crippen LogP contribution is 2.22. The van der Waals surface area contributed by atoms with Gasteiger partial charge in [0.05, 0.1) is 6.04 Å². The van der Waals surface area contributed by atoms with Gasteiger partial charge in [-0.05, 0) is 5.56 Å². The second-order valence-electron chi connectivity index (χ2n) is 3.62. The molecule has 90 valence electrons. The standard InChI is InChI=1S/C11H11F2N3O/c1-6-15-11(16-17-6)9(14)7-2-4-8(5-3-7)10(12)13/h2-5,9-10H,14H2,1H3. The van der Waals surface area contributed by atoms with Gasteiger partial charge >= 0.3 is 0 Å². The Bertz CT molecular complexity index is 496.